The molecule has 0 radical (unpaired) electrons. The molecule has 0 unspecified atom stereocenters. The van der Waals surface area contributed by atoms with E-state index in [1.54, 1.807) is 29.2 Å². The van der Waals surface area contributed by atoms with Crippen LogP contribution >= 0.6 is 23.2 Å². The van der Waals surface area contributed by atoms with Crippen molar-refractivity contribution in [3.05, 3.63) is 136 Å². The first-order chi connectivity index (χ1) is 17.6. The van der Waals surface area contributed by atoms with Crippen molar-refractivity contribution in [1.29, 1.82) is 0 Å². The maximum Gasteiger partial charge on any atom is 0.263 e. The Morgan fingerprint density at radius 2 is 1.56 bits per heavy atom. The summed E-state index contributed by atoms with van der Waals surface area (Å²) in [5.74, 6) is 1.01. The fourth-order valence-corrected chi connectivity index (χ4v) is 4.88. The van der Waals surface area contributed by atoms with Gasteiger partial charge in [0.1, 0.15) is 11.5 Å². The summed E-state index contributed by atoms with van der Waals surface area (Å²) >= 11 is 12.5. The third-order valence-electron chi connectivity index (χ3n) is 6.18. The highest BCUT2D eigenvalue weighted by Crippen LogP contribution is 2.39. The Bertz CT molecular complexity index is 1680. The van der Waals surface area contributed by atoms with E-state index in [1.807, 2.05) is 91.0 Å². The van der Waals surface area contributed by atoms with E-state index in [4.69, 9.17) is 27.6 Å². The third kappa shape index (κ3) is 4.03. The molecule has 3 nitrogen and oxygen atoms in total. The molecule has 1 aromatic heterocycles. The van der Waals surface area contributed by atoms with Gasteiger partial charge in [-0.15, -0.1) is 0 Å². The van der Waals surface area contributed by atoms with Crippen LogP contribution in [0.3, 0.4) is 0 Å². The van der Waals surface area contributed by atoms with E-state index < -0.39 is 0 Å². The number of furan rings is 1. The van der Waals surface area contributed by atoms with Gasteiger partial charge in [0.15, 0.2) is 0 Å². The van der Waals surface area contributed by atoms with Crippen LogP contribution in [0.5, 0.6) is 0 Å². The van der Waals surface area contributed by atoms with E-state index >= 15 is 0 Å². The second kappa shape index (κ2) is 9.19. The minimum atomic E-state index is -0.121. The van der Waals surface area contributed by atoms with E-state index in [2.05, 4.69) is 0 Å². The molecule has 36 heavy (non-hydrogen) atoms. The van der Waals surface area contributed by atoms with Crippen molar-refractivity contribution in [2.45, 2.75) is 0 Å². The Balaban J connectivity index is 1.45. The van der Waals surface area contributed by atoms with Crippen LogP contribution in [-0.4, -0.2) is 5.91 Å². The highest BCUT2D eigenvalue weighted by atomic mass is 35.5. The van der Waals surface area contributed by atoms with Gasteiger partial charge in [0.05, 0.1) is 16.4 Å². The number of anilines is 1. The lowest BCUT2D eigenvalue weighted by Gasteiger charge is -2.22. The van der Waals surface area contributed by atoms with E-state index in [-0.39, 0.29) is 5.91 Å². The van der Waals surface area contributed by atoms with E-state index in [1.165, 1.54) is 0 Å². The molecule has 5 aromatic rings. The fourth-order valence-electron chi connectivity index (χ4n) is 4.49. The van der Waals surface area contributed by atoms with Crippen molar-refractivity contribution in [3.8, 4) is 11.3 Å². The van der Waals surface area contributed by atoms with Crippen molar-refractivity contribution in [2.24, 2.45) is 0 Å². The molecule has 5 heteroatoms. The van der Waals surface area contributed by atoms with Gasteiger partial charge in [-0.2, -0.15) is 0 Å². The van der Waals surface area contributed by atoms with Crippen LogP contribution in [0.1, 0.15) is 11.3 Å². The minimum absolute atomic E-state index is 0.121. The van der Waals surface area contributed by atoms with Crippen molar-refractivity contribution in [1.82, 2.24) is 0 Å². The molecule has 0 fully saturated rings. The zero-order valence-electron chi connectivity index (χ0n) is 19.0. The lowest BCUT2D eigenvalue weighted by Crippen LogP contribution is -2.25. The first-order valence-electron chi connectivity index (χ1n) is 11.4. The molecule has 0 aliphatic carbocycles. The molecule has 0 saturated heterocycles. The SMILES string of the molecule is O=C1/C(=C/c2ccc(-c3cc(Cl)ccc3Cl)o2)C=C(c2ccccc2)N1c1cccc2ccccc12. The number of fused-ring (bicyclic) bond motifs is 1. The van der Waals surface area contributed by atoms with Gasteiger partial charge in [-0.05, 0) is 59.5 Å². The van der Waals surface area contributed by atoms with Crippen LogP contribution in [0.2, 0.25) is 10.0 Å². The van der Waals surface area contributed by atoms with Crippen molar-refractivity contribution in [2.75, 3.05) is 4.90 Å². The van der Waals surface area contributed by atoms with Crippen molar-refractivity contribution < 1.29 is 9.21 Å². The number of hydrogen-bond donors (Lipinski definition) is 0. The molecule has 0 spiro atoms. The summed E-state index contributed by atoms with van der Waals surface area (Å²) in [6.45, 7) is 0. The Hall–Kier alpha value is -4.05. The standard InChI is InChI=1S/C31H19Cl2NO2/c32-23-13-15-27(33)26(19-23)30-16-14-24(36-30)17-22-18-29(21-8-2-1-3-9-21)34(31(22)35)28-12-6-10-20-7-4-5-11-25(20)28/h1-19H/b22-17+. The van der Waals surface area contributed by atoms with Crippen LogP contribution in [0, 0.1) is 0 Å². The van der Waals surface area contributed by atoms with Crippen LogP contribution < -0.4 is 4.90 Å². The van der Waals surface area contributed by atoms with Gasteiger partial charge in [-0.1, -0.05) is 89.9 Å². The zero-order valence-corrected chi connectivity index (χ0v) is 20.5. The maximum absolute atomic E-state index is 13.8. The monoisotopic (exact) mass is 507 g/mol. The summed E-state index contributed by atoms with van der Waals surface area (Å²) in [7, 11) is 0. The van der Waals surface area contributed by atoms with Crippen LogP contribution in [0.4, 0.5) is 5.69 Å². The smallest absolute Gasteiger partial charge is 0.263 e. The molecule has 2 heterocycles. The summed E-state index contributed by atoms with van der Waals surface area (Å²) in [6.07, 6.45) is 3.67. The second-order valence-corrected chi connectivity index (χ2v) is 9.30. The third-order valence-corrected chi connectivity index (χ3v) is 6.74. The van der Waals surface area contributed by atoms with Gasteiger partial charge in [0, 0.05) is 21.5 Å². The Morgan fingerprint density at radius 1 is 0.778 bits per heavy atom. The highest BCUT2D eigenvalue weighted by molar-refractivity contribution is 6.35. The van der Waals surface area contributed by atoms with Crippen LogP contribution in [-0.2, 0) is 4.79 Å². The average Bonchev–Trinajstić information content (AvgIpc) is 3.50. The predicted octanol–water partition coefficient (Wildman–Crippen LogP) is 8.88. The minimum Gasteiger partial charge on any atom is -0.457 e. The van der Waals surface area contributed by atoms with Crippen molar-refractivity contribution >= 4 is 57.3 Å². The summed E-state index contributed by atoms with van der Waals surface area (Å²) in [4.78, 5) is 15.6. The molecule has 6 rings (SSSR count). The summed E-state index contributed by atoms with van der Waals surface area (Å²) < 4.78 is 6.05. The van der Waals surface area contributed by atoms with E-state index in [0.717, 1.165) is 27.7 Å². The first kappa shape index (κ1) is 22.4. The number of carbonyl (C=O) groups is 1. The van der Waals surface area contributed by atoms with E-state index in [9.17, 15) is 4.79 Å². The number of amides is 1. The van der Waals surface area contributed by atoms with Gasteiger partial charge < -0.3 is 4.42 Å². The summed E-state index contributed by atoms with van der Waals surface area (Å²) in [5.41, 5.74) is 3.83. The summed E-state index contributed by atoms with van der Waals surface area (Å²) in [5, 5.41) is 3.19. The Labute approximate surface area is 218 Å². The molecule has 0 bridgehead atoms. The number of rotatable bonds is 4. The van der Waals surface area contributed by atoms with Gasteiger partial charge >= 0.3 is 0 Å². The Morgan fingerprint density at radius 3 is 2.42 bits per heavy atom. The quantitative estimate of drug-likeness (QED) is 0.227. The number of hydrogen-bond acceptors (Lipinski definition) is 2. The Kier molecular flexibility index (Phi) is 5.73. The molecular formula is C31H19Cl2NO2. The second-order valence-electron chi connectivity index (χ2n) is 8.46. The van der Waals surface area contributed by atoms with Crippen LogP contribution in [0.15, 0.2) is 119 Å². The number of carbonyl (C=O) groups excluding carboxylic acids is 1. The molecule has 0 saturated carbocycles. The molecule has 1 aliphatic rings. The lowest BCUT2D eigenvalue weighted by molar-refractivity contribution is -0.113. The van der Waals surface area contributed by atoms with E-state index in [0.29, 0.717) is 32.7 Å². The molecular weight excluding hydrogens is 489 g/mol. The summed E-state index contributed by atoms with van der Waals surface area (Å²) in [6, 6.07) is 32.9. The molecule has 174 valence electrons. The molecule has 0 N–H and O–H groups in total. The topological polar surface area (TPSA) is 33.5 Å². The molecule has 0 atom stereocenters. The number of halogens is 2. The first-order valence-corrected chi connectivity index (χ1v) is 12.2. The maximum atomic E-state index is 13.8. The zero-order chi connectivity index (χ0) is 24.6. The molecule has 4 aromatic carbocycles. The average molecular weight is 508 g/mol. The molecule has 1 aliphatic heterocycles. The normalized spacial score (nSPS) is 14.6. The van der Waals surface area contributed by atoms with Gasteiger partial charge in [-0.3, -0.25) is 9.69 Å². The van der Waals surface area contributed by atoms with Gasteiger partial charge in [0.25, 0.3) is 5.91 Å². The highest BCUT2D eigenvalue weighted by Gasteiger charge is 2.31. The number of nitrogens with zero attached hydrogens (tertiary/aromatic N) is 1. The lowest BCUT2D eigenvalue weighted by atomic mass is 10.1. The number of benzene rings is 4. The van der Waals surface area contributed by atoms with Crippen LogP contribution in [0.25, 0.3) is 33.9 Å². The largest absolute Gasteiger partial charge is 0.457 e. The van der Waals surface area contributed by atoms with Gasteiger partial charge in [0.2, 0.25) is 0 Å². The molecule has 1 amide bonds. The fraction of sp³-hybridized carbons (Fsp3) is 0. The van der Waals surface area contributed by atoms with Crippen molar-refractivity contribution in [3.63, 3.8) is 0 Å². The predicted molar refractivity (Wildman–Crippen MR) is 148 cm³/mol. The van der Waals surface area contributed by atoms with Gasteiger partial charge in [-0.25, -0.2) is 0 Å².